The predicted molar refractivity (Wildman–Crippen MR) is 48.4 cm³/mol. The monoisotopic (exact) mass is 187 g/mol. The summed E-state index contributed by atoms with van der Waals surface area (Å²) in [5, 5.41) is 2.81. The Hall–Kier alpha value is -0.610. The second-order valence-electron chi connectivity index (χ2n) is 3.20. The van der Waals surface area contributed by atoms with Crippen LogP contribution in [0.15, 0.2) is 0 Å². The fourth-order valence-electron chi connectivity index (χ4n) is 1.37. The number of carbonyl (C=O) groups is 1. The van der Waals surface area contributed by atoms with Gasteiger partial charge in [-0.1, -0.05) is 0 Å². The van der Waals surface area contributed by atoms with Crippen molar-refractivity contribution in [3.05, 3.63) is 0 Å². The van der Waals surface area contributed by atoms with E-state index in [9.17, 15) is 4.79 Å². The first-order chi connectivity index (χ1) is 6.34. The van der Waals surface area contributed by atoms with Crippen molar-refractivity contribution in [3.63, 3.8) is 0 Å². The van der Waals surface area contributed by atoms with Crippen LogP contribution in [0, 0.1) is 5.92 Å². The summed E-state index contributed by atoms with van der Waals surface area (Å²) >= 11 is 0. The Morgan fingerprint density at radius 2 is 2.54 bits per heavy atom. The Balaban J connectivity index is 2.13. The molecular formula is C9H17NO3. The van der Waals surface area contributed by atoms with Gasteiger partial charge in [-0.3, -0.25) is 4.79 Å². The number of carbonyl (C=O) groups excluding carboxylic acids is 1. The molecule has 0 bridgehead atoms. The maximum atomic E-state index is 11.4. The second-order valence-corrected chi connectivity index (χ2v) is 3.20. The largest absolute Gasteiger partial charge is 0.383 e. The number of methoxy groups -OCH3 is 1. The Morgan fingerprint density at radius 3 is 3.15 bits per heavy atom. The standard InChI is InChI=1S/C9H17NO3/c1-12-6-4-10-9(11)8-3-2-5-13-7-8/h8H,2-7H2,1H3,(H,10,11). The van der Waals surface area contributed by atoms with Crippen LogP contribution in [0.1, 0.15) is 12.8 Å². The van der Waals surface area contributed by atoms with Crippen molar-refractivity contribution < 1.29 is 14.3 Å². The Morgan fingerprint density at radius 1 is 1.69 bits per heavy atom. The minimum atomic E-state index is 0.0469. The molecule has 4 heteroatoms. The molecule has 1 heterocycles. The average molecular weight is 187 g/mol. The molecule has 1 aliphatic rings. The summed E-state index contributed by atoms with van der Waals surface area (Å²) in [6.07, 6.45) is 1.93. The lowest BCUT2D eigenvalue weighted by molar-refractivity contribution is -0.129. The first-order valence-corrected chi connectivity index (χ1v) is 4.69. The lowest BCUT2D eigenvalue weighted by atomic mass is 10.0. The molecule has 13 heavy (non-hydrogen) atoms. The number of ether oxygens (including phenoxy) is 2. The van der Waals surface area contributed by atoms with Crippen LogP contribution in [0.4, 0.5) is 0 Å². The van der Waals surface area contributed by atoms with Crippen molar-refractivity contribution in [3.8, 4) is 0 Å². The van der Waals surface area contributed by atoms with Gasteiger partial charge in [-0.25, -0.2) is 0 Å². The Labute approximate surface area is 78.6 Å². The smallest absolute Gasteiger partial charge is 0.225 e. The lowest BCUT2D eigenvalue weighted by Crippen LogP contribution is -2.37. The minimum absolute atomic E-state index is 0.0469. The van der Waals surface area contributed by atoms with Crippen molar-refractivity contribution in [2.75, 3.05) is 33.5 Å². The number of rotatable bonds is 4. The molecule has 1 atom stereocenters. The van der Waals surface area contributed by atoms with Crippen LogP contribution >= 0.6 is 0 Å². The fraction of sp³-hybridized carbons (Fsp3) is 0.889. The predicted octanol–water partition coefficient (Wildman–Crippen LogP) is 0.176. The number of nitrogens with one attached hydrogen (secondary N) is 1. The molecule has 0 aromatic carbocycles. The molecule has 1 aliphatic heterocycles. The molecule has 0 radical (unpaired) electrons. The highest BCUT2D eigenvalue weighted by atomic mass is 16.5. The van der Waals surface area contributed by atoms with Gasteiger partial charge in [0.1, 0.15) is 0 Å². The van der Waals surface area contributed by atoms with Crippen LogP contribution in [0.5, 0.6) is 0 Å². The zero-order valence-corrected chi connectivity index (χ0v) is 8.04. The topological polar surface area (TPSA) is 47.6 Å². The number of hydrogen-bond acceptors (Lipinski definition) is 3. The van der Waals surface area contributed by atoms with E-state index in [-0.39, 0.29) is 11.8 Å². The molecule has 1 N–H and O–H groups in total. The lowest BCUT2D eigenvalue weighted by Gasteiger charge is -2.21. The van der Waals surface area contributed by atoms with Crippen LogP contribution < -0.4 is 5.32 Å². The third-order valence-corrected chi connectivity index (χ3v) is 2.14. The van der Waals surface area contributed by atoms with E-state index < -0.39 is 0 Å². The van der Waals surface area contributed by atoms with E-state index in [1.165, 1.54) is 0 Å². The number of hydrogen-bond donors (Lipinski definition) is 1. The van der Waals surface area contributed by atoms with Crippen molar-refractivity contribution >= 4 is 5.91 Å². The zero-order valence-electron chi connectivity index (χ0n) is 8.04. The number of amides is 1. The molecule has 4 nitrogen and oxygen atoms in total. The summed E-state index contributed by atoms with van der Waals surface area (Å²) in [7, 11) is 1.62. The van der Waals surface area contributed by atoms with E-state index in [1.807, 2.05) is 0 Å². The Kier molecular flexibility index (Phi) is 4.78. The van der Waals surface area contributed by atoms with Gasteiger partial charge in [0.05, 0.1) is 19.1 Å². The first kappa shape index (κ1) is 10.5. The summed E-state index contributed by atoms with van der Waals surface area (Å²) in [5.41, 5.74) is 0. The molecular weight excluding hydrogens is 170 g/mol. The van der Waals surface area contributed by atoms with Crippen molar-refractivity contribution in [1.29, 1.82) is 0 Å². The highest BCUT2D eigenvalue weighted by Gasteiger charge is 2.20. The third kappa shape index (κ3) is 3.74. The van der Waals surface area contributed by atoms with Gasteiger partial charge >= 0.3 is 0 Å². The van der Waals surface area contributed by atoms with E-state index in [4.69, 9.17) is 9.47 Å². The highest BCUT2D eigenvalue weighted by Crippen LogP contribution is 2.12. The van der Waals surface area contributed by atoms with Gasteiger partial charge in [0.15, 0.2) is 0 Å². The fourth-order valence-corrected chi connectivity index (χ4v) is 1.37. The van der Waals surface area contributed by atoms with Gasteiger partial charge in [-0.05, 0) is 12.8 Å². The molecule has 0 saturated carbocycles. The zero-order chi connectivity index (χ0) is 9.52. The molecule has 1 amide bonds. The molecule has 0 aromatic rings. The summed E-state index contributed by atoms with van der Waals surface area (Å²) in [4.78, 5) is 11.4. The second kappa shape index (κ2) is 5.94. The molecule has 1 rings (SSSR count). The molecule has 0 aliphatic carbocycles. The summed E-state index contributed by atoms with van der Waals surface area (Å²) in [6, 6.07) is 0. The maximum Gasteiger partial charge on any atom is 0.225 e. The van der Waals surface area contributed by atoms with Gasteiger partial charge < -0.3 is 14.8 Å². The third-order valence-electron chi connectivity index (χ3n) is 2.14. The van der Waals surface area contributed by atoms with Gasteiger partial charge in [0.25, 0.3) is 0 Å². The van der Waals surface area contributed by atoms with Gasteiger partial charge in [0.2, 0.25) is 5.91 Å². The Bertz CT molecular complexity index is 155. The van der Waals surface area contributed by atoms with Crippen LogP contribution in [-0.2, 0) is 14.3 Å². The molecule has 1 unspecified atom stereocenters. The van der Waals surface area contributed by atoms with Gasteiger partial charge in [0, 0.05) is 20.3 Å². The summed E-state index contributed by atoms with van der Waals surface area (Å²) < 4.78 is 10.1. The maximum absolute atomic E-state index is 11.4. The van der Waals surface area contributed by atoms with E-state index in [1.54, 1.807) is 7.11 Å². The minimum Gasteiger partial charge on any atom is -0.383 e. The molecule has 76 valence electrons. The van der Waals surface area contributed by atoms with Crippen molar-refractivity contribution in [2.24, 2.45) is 5.92 Å². The van der Waals surface area contributed by atoms with E-state index in [0.29, 0.717) is 19.8 Å². The average Bonchev–Trinajstić information content (AvgIpc) is 2.19. The normalized spacial score (nSPS) is 22.7. The SMILES string of the molecule is COCCNC(=O)C1CCCOC1. The van der Waals surface area contributed by atoms with Crippen LogP contribution in [0.3, 0.4) is 0 Å². The van der Waals surface area contributed by atoms with Crippen LogP contribution in [0.2, 0.25) is 0 Å². The van der Waals surface area contributed by atoms with E-state index >= 15 is 0 Å². The molecule has 1 saturated heterocycles. The highest BCUT2D eigenvalue weighted by molar-refractivity contribution is 5.78. The molecule has 0 aromatic heterocycles. The van der Waals surface area contributed by atoms with Crippen molar-refractivity contribution in [1.82, 2.24) is 5.32 Å². The molecule has 0 spiro atoms. The van der Waals surface area contributed by atoms with E-state index in [0.717, 1.165) is 19.4 Å². The summed E-state index contributed by atoms with van der Waals surface area (Å²) in [5.74, 6) is 0.141. The van der Waals surface area contributed by atoms with Crippen LogP contribution in [0.25, 0.3) is 0 Å². The van der Waals surface area contributed by atoms with Gasteiger partial charge in [-0.15, -0.1) is 0 Å². The quantitative estimate of drug-likeness (QED) is 0.638. The first-order valence-electron chi connectivity index (χ1n) is 4.69. The van der Waals surface area contributed by atoms with Crippen molar-refractivity contribution in [2.45, 2.75) is 12.8 Å². The summed E-state index contributed by atoms with van der Waals surface area (Å²) in [6.45, 7) is 2.52. The van der Waals surface area contributed by atoms with Gasteiger partial charge in [-0.2, -0.15) is 0 Å². The van der Waals surface area contributed by atoms with E-state index in [2.05, 4.69) is 5.32 Å². The molecule has 1 fully saturated rings. The van der Waals surface area contributed by atoms with Crippen LogP contribution in [-0.4, -0.2) is 39.4 Å².